The molecule has 1 aromatic carbocycles. The molecule has 0 nitrogen and oxygen atoms in total. The van der Waals surface area contributed by atoms with Crippen LogP contribution in [0.2, 0.25) is 0 Å². The highest BCUT2D eigenvalue weighted by Gasteiger charge is 1.95. The van der Waals surface area contributed by atoms with Crippen molar-refractivity contribution in [2.24, 2.45) is 0 Å². The van der Waals surface area contributed by atoms with Gasteiger partial charge in [-0.15, -0.1) is 0 Å². The molecule has 13 heavy (non-hydrogen) atoms. The Morgan fingerprint density at radius 2 is 1.92 bits per heavy atom. The highest BCUT2D eigenvalue weighted by atomic mass is 19.1. The predicted octanol–water partition coefficient (Wildman–Crippen LogP) is 3.63. The van der Waals surface area contributed by atoms with E-state index in [4.69, 9.17) is 0 Å². The quantitative estimate of drug-likeness (QED) is 0.669. The summed E-state index contributed by atoms with van der Waals surface area (Å²) in [7, 11) is 0. The average molecular weight is 182 g/mol. The molecule has 0 bridgehead atoms. The maximum absolute atomic E-state index is 12.5. The van der Waals surface area contributed by atoms with E-state index in [1.165, 1.54) is 12.1 Å². The minimum Gasteiger partial charge on any atom is -0.216 e. The first-order chi connectivity index (χ1) is 6.22. The summed E-state index contributed by atoms with van der Waals surface area (Å²) in [5.41, 5.74) is 1.74. The van der Waals surface area contributed by atoms with Gasteiger partial charge in [0, 0.05) is 0 Å². The molecule has 0 N–H and O–H groups in total. The van der Waals surface area contributed by atoms with Crippen LogP contribution in [-0.2, 0) is 6.42 Å². The molecule has 0 unspecified atom stereocenters. The van der Waals surface area contributed by atoms with E-state index in [9.17, 15) is 8.78 Å². The van der Waals surface area contributed by atoms with E-state index >= 15 is 0 Å². The summed E-state index contributed by atoms with van der Waals surface area (Å²) >= 11 is 0. The van der Waals surface area contributed by atoms with Crippen LogP contribution < -0.4 is 0 Å². The first-order valence-electron chi connectivity index (χ1n) is 4.22. The zero-order valence-electron chi connectivity index (χ0n) is 7.56. The Morgan fingerprint density at radius 1 is 1.31 bits per heavy atom. The normalized spacial score (nSPS) is 11.8. The van der Waals surface area contributed by atoms with Crippen molar-refractivity contribution in [2.45, 2.75) is 19.8 Å². The van der Waals surface area contributed by atoms with Gasteiger partial charge < -0.3 is 0 Å². The van der Waals surface area contributed by atoms with Crippen LogP contribution in [0.3, 0.4) is 0 Å². The summed E-state index contributed by atoms with van der Waals surface area (Å²) in [6.07, 6.45) is 2.05. The number of hydrogen-bond acceptors (Lipinski definition) is 0. The van der Waals surface area contributed by atoms with E-state index in [-0.39, 0.29) is 5.82 Å². The van der Waals surface area contributed by atoms with Crippen LogP contribution >= 0.6 is 0 Å². The van der Waals surface area contributed by atoms with Gasteiger partial charge in [0.1, 0.15) is 5.82 Å². The molecule has 1 aromatic rings. The van der Waals surface area contributed by atoms with Gasteiger partial charge >= 0.3 is 0 Å². The molecule has 0 atom stereocenters. The van der Waals surface area contributed by atoms with Crippen LogP contribution in [0.1, 0.15) is 18.9 Å². The summed E-state index contributed by atoms with van der Waals surface area (Å²) in [6.45, 7) is 1.74. The van der Waals surface area contributed by atoms with Gasteiger partial charge in [0.2, 0.25) is 0 Å². The number of allylic oxidation sites excluding steroid dienone is 1. The number of rotatable bonds is 3. The third-order valence-electron chi connectivity index (χ3n) is 1.91. The molecule has 0 spiro atoms. The predicted molar refractivity (Wildman–Crippen MR) is 49.6 cm³/mol. The second kappa shape index (κ2) is 4.75. The molecule has 70 valence electrons. The van der Waals surface area contributed by atoms with Crippen molar-refractivity contribution in [1.82, 2.24) is 0 Å². The lowest BCUT2D eigenvalue weighted by Gasteiger charge is -2.00. The molecule has 2 heteroatoms. The second-order valence-corrected chi connectivity index (χ2v) is 3.08. The summed E-state index contributed by atoms with van der Waals surface area (Å²) in [4.78, 5) is 0. The van der Waals surface area contributed by atoms with Crippen molar-refractivity contribution < 1.29 is 8.78 Å². The minimum atomic E-state index is -0.235. The highest BCUT2D eigenvalue weighted by molar-refractivity contribution is 5.17. The molecule has 0 saturated heterocycles. The van der Waals surface area contributed by atoms with Crippen molar-refractivity contribution in [3.8, 4) is 0 Å². The van der Waals surface area contributed by atoms with Crippen LogP contribution in [0.15, 0.2) is 36.2 Å². The van der Waals surface area contributed by atoms with E-state index in [0.29, 0.717) is 18.3 Å². The maximum atomic E-state index is 12.5. The van der Waals surface area contributed by atoms with Crippen molar-refractivity contribution in [3.05, 3.63) is 47.5 Å². The molecule has 0 aliphatic heterocycles. The fourth-order valence-electron chi connectivity index (χ4n) is 1.05. The Hall–Kier alpha value is -1.18. The van der Waals surface area contributed by atoms with Crippen molar-refractivity contribution in [1.29, 1.82) is 0 Å². The summed E-state index contributed by atoms with van der Waals surface area (Å²) in [6, 6.07) is 6.29. The van der Waals surface area contributed by atoms with Crippen molar-refractivity contribution >= 4 is 0 Å². The molecule has 0 aliphatic carbocycles. The van der Waals surface area contributed by atoms with E-state index in [1.807, 2.05) is 0 Å². The van der Waals surface area contributed by atoms with Gasteiger partial charge in [-0.05, 0) is 43.0 Å². The van der Waals surface area contributed by atoms with Crippen molar-refractivity contribution in [3.63, 3.8) is 0 Å². The lowest BCUT2D eigenvalue weighted by molar-refractivity contribution is 0.627. The smallest absolute Gasteiger partial charge is 0.123 e. The summed E-state index contributed by atoms with van der Waals surface area (Å²) in [5.74, 6) is -0.235. The fourth-order valence-corrected chi connectivity index (χ4v) is 1.05. The van der Waals surface area contributed by atoms with Gasteiger partial charge in [0.25, 0.3) is 0 Å². The van der Waals surface area contributed by atoms with Gasteiger partial charge in [-0.25, -0.2) is 8.78 Å². The average Bonchev–Trinajstić information content (AvgIpc) is 2.16. The number of benzene rings is 1. The second-order valence-electron chi connectivity index (χ2n) is 3.08. The number of halogens is 2. The summed E-state index contributed by atoms with van der Waals surface area (Å²) in [5, 5.41) is 0. The van der Waals surface area contributed by atoms with Crippen LogP contribution in [0.5, 0.6) is 0 Å². The molecule has 0 heterocycles. The molecule has 0 radical (unpaired) electrons. The lowest BCUT2D eigenvalue weighted by Crippen LogP contribution is -1.86. The SMILES string of the molecule is C/C(=C\F)CCc1ccc(F)cc1. The highest BCUT2D eigenvalue weighted by Crippen LogP contribution is 2.09. The first-order valence-corrected chi connectivity index (χ1v) is 4.22. The Balaban J connectivity index is 2.51. The molecule has 1 rings (SSSR count). The number of hydrogen-bond donors (Lipinski definition) is 0. The van der Waals surface area contributed by atoms with E-state index in [1.54, 1.807) is 19.1 Å². The molecule has 0 aliphatic rings. The third-order valence-corrected chi connectivity index (χ3v) is 1.91. The third kappa shape index (κ3) is 3.36. The first kappa shape index (κ1) is 9.90. The largest absolute Gasteiger partial charge is 0.216 e. The topological polar surface area (TPSA) is 0 Å². The molecular weight excluding hydrogens is 170 g/mol. The van der Waals surface area contributed by atoms with Crippen LogP contribution in [0.25, 0.3) is 0 Å². The van der Waals surface area contributed by atoms with Gasteiger partial charge in [-0.1, -0.05) is 12.1 Å². The fraction of sp³-hybridized carbons (Fsp3) is 0.273. The Labute approximate surface area is 76.9 Å². The van der Waals surface area contributed by atoms with Crippen LogP contribution in [-0.4, -0.2) is 0 Å². The lowest BCUT2D eigenvalue weighted by atomic mass is 10.1. The van der Waals surface area contributed by atoms with Gasteiger partial charge in [0.05, 0.1) is 6.33 Å². The van der Waals surface area contributed by atoms with Gasteiger partial charge in [-0.3, -0.25) is 0 Å². The van der Waals surface area contributed by atoms with E-state index in [2.05, 4.69) is 0 Å². The Bertz CT molecular complexity index is 285. The zero-order valence-corrected chi connectivity index (χ0v) is 7.56. The van der Waals surface area contributed by atoms with Crippen LogP contribution in [0.4, 0.5) is 8.78 Å². The Morgan fingerprint density at radius 3 is 2.46 bits per heavy atom. The van der Waals surface area contributed by atoms with Crippen LogP contribution in [0, 0.1) is 5.82 Å². The minimum absolute atomic E-state index is 0.235. The Kier molecular flexibility index (Phi) is 3.62. The standard InChI is InChI=1S/C11H12F2/c1-9(8-12)2-3-10-4-6-11(13)7-5-10/h4-8H,2-3H2,1H3/b9-8+. The monoisotopic (exact) mass is 182 g/mol. The molecule has 0 fully saturated rings. The van der Waals surface area contributed by atoms with E-state index < -0.39 is 0 Å². The van der Waals surface area contributed by atoms with Crippen molar-refractivity contribution in [2.75, 3.05) is 0 Å². The molecule has 0 aromatic heterocycles. The maximum Gasteiger partial charge on any atom is 0.123 e. The molecule has 0 saturated carbocycles. The van der Waals surface area contributed by atoms with Gasteiger partial charge in [0.15, 0.2) is 0 Å². The summed E-state index contributed by atoms with van der Waals surface area (Å²) < 4.78 is 24.4. The molecular formula is C11H12F2. The molecule has 0 amide bonds. The number of aryl methyl sites for hydroxylation is 1. The zero-order chi connectivity index (χ0) is 9.68. The van der Waals surface area contributed by atoms with E-state index in [0.717, 1.165) is 12.0 Å². The van der Waals surface area contributed by atoms with Gasteiger partial charge in [-0.2, -0.15) is 0 Å².